The molecule has 146 valence electrons. The molecule has 1 aliphatic rings. The van der Waals surface area contributed by atoms with E-state index in [4.69, 9.17) is 13.9 Å². The highest BCUT2D eigenvalue weighted by Crippen LogP contribution is 2.36. The highest BCUT2D eigenvalue weighted by Gasteiger charge is 2.39. The van der Waals surface area contributed by atoms with Gasteiger partial charge in [-0.05, 0) is 31.2 Å². The van der Waals surface area contributed by atoms with E-state index in [-0.39, 0.29) is 11.3 Å². The van der Waals surface area contributed by atoms with Gasteiger partial charge < -0.3 is 19.2 Å². The average Bonchev–Trinajstić information content (AvgIpc) is 3.16. The standard InChI is InChI=1S/C19H17BrN2O6/c1-10-14(17(23)26-2)15(13-7-8-28-16(13)18(24)27-3)21-19(25)22(10)12-6-4-5-11(20)9-12/h4-9,15H,1-3H3,(H,21,25)/t15-/m1/s1. The van der Waals surface area contributed by atoms with Crippen LogP contribution in [-0.4, -0.2) is 32.2 Å². The van der Waals surface area contributed by atoms with Crippen molar-refractivity contribution < 1.29 is 28.3 Å². The van der Waals surface area contributed by atoms with Gasteiger partial charge in [-0.2, -0.15) is 0 Å². The smallest absolute Gasteiger partial charge is 0.374 e. The van der Waals surface area contributed by atoms with Gasteiger partial charge in [0.2, 0.25) is 5.76 Å². The van der Waals surface area contributed by atoms with Crippen LogP contribution in [0.5, 0.6) is 0 Å². The molecule has 2 aromatic rings. The van der Waals surface area contributed by atoms with Gasteiger partial charge in [-0.1, -0.05) is 22.0 Å². The number of carbonyl (C=O) groups excluding carboxylic acids is 3. The summed E-state index contributed by atoms with van der Waals surface area (Å²) in [5.41, 5.74) is 1.41. The van der Waals surface area contributed by atoms with Crippen molar-refractivity contribution in [1.29, 1.82) is 0 Å². The van der Waals surface area contributed by atoms with Crippen molar-refractivity contribution in [2.24, 2.45) is 0 Å². The second kappa shape index (κ2) is 7.89. The second-order valence-corrected chi connectivity index (χ2v) is 6.80. The number of ether oxygens (including phenoxy) is 2. The van der Waals surface area contributed by atoms with E-state index in [0.717, 1.165) is 4.47 Å². The van der Waals surface area contributed by atoms with E-state index >= 15 is 0 Å². The fourth-order valence-electron chi connectivity index (χ4n) is 3.08. The van der Waals surface area contributed by atoms with Gasteiger partial charge in [0.15, 0.2) is 0 Å². The molecule has 0 spiro atoms. The molecule has 0 bridgehead atoms. The van der Waals surface area contributed by atoms with Crippen LogP contribution in [0, 0.1) is 0 Å². The molecule has 1 aromatic heterocycles. The molecule has 0 fully saturated rings. The molecule has 0 saturated carbocycles. The zero-order valence-corrected chi connectivity index (χ0v) is 16.9. The van der Waals surface area contributed by atoms with Gasteiger partial charge in [-0.25, -0.2) is 14.4 Å². The lowest BCUT2D eigenvalue weighted by atomic mass is 9.94. The lowest BCUT2D eigenvalue weighted by Crippen LogP contribution is -2.48. The van der Waals surface area contributed by atoms with Crippen LogP contribution in [0.1, 0.15) is 29.1 Å². The maximum absolute atomic E-state index is 12.9. The van der Waals surface area contributed by atoms with Gasteiger partial charge >= 0.3 is 18.0 Å². The Bertz CT molecular complexity index is 980. The number of methoxy groups -OCH3 is 2. The number of amides is 2. The van der Waals surface area contributed by atoms with Crippen LogP contribution in [0.15, 0.2) is 56.8 Å². The summed E-state index contributed by atoms with van der Waals surface area (Å²) in [4.78, 5) is 38.8. The Morgan fingerprint density at radius 2 is 1.89 bits per heavy atom. The Balaban J connectivity index is 2.16. The maximum Gasteiger partial charge on any atom is 0.374 e. The van der Waals surface area contributed by atoms with Crippen molar-refractivity contribution in [2.75, 3.05) is 19.1 Å². The molecule has 28 heavy (non-hydrogen) atoms. The van der Waals surface area contributed by atoms with Crippen molar-refractivity contribution in [1.82, 2.24) is 5.32 Å². The molecular formula is C19H17BrN2O6. The summed E-state index contributed by atoms with van der Waals surface area (Å²) in [5.74, 6) is -1.46. The van der Waals surface area contributed by atoms with Crippen LogP contribution < -0.4 is 10.2 Å². The maximum atomic E-state index is 12.9. The molecule has 2 amide bonds. The van der Waals surface area contributed by atoms with E-state index in [0.29, 0.717) is 16.9 Å². The molecule has 1 atom stereocenters. The summed E-state index contributed by atoms with van der Waals surface area (Å²) in [5, 5.41) is 2.75. The first-order valence-corrected chi connectivity index (χ1v) is 8.99. The molecule has 1 aromatic carbocycles. The number of benzene rings is 1. The summed E-state index contributed by atoms with van der Waals surface area (Å²) in [6, 6.07) is 7.18. The van der Waals surface area contributed by atoms with Crippen LogP contribution in [-0.2, 0) is 14.3 Å². The number of urea groups is 1. The summed E-state index contributed by atoms with van der Waals surface area (Å²) < 4.78 is 15.6. The van der Waals surface area contributed by atoms with E-state index in [2.05, 4.69) is 21.2 Å². The molecule has 2 heterocycles. The van der Waals surface area contributed by atoms with Gasteiger partial charge in [0.05, 0.1) is 37.8 Å². The minimum atomic E-state index is -0.934. The third-order valence-corrected chi connectivity index (χ3v) is 4.83. The van der Waals surface area contributed by atoms with Gasteiger partial charge in [-0.15, -0.1) is 0 Å². The predicted molar refractivity (Wildman–Crippen MR) is 103 cm³/mol. The highest BCUT2D eigenvalue weighted by molar-refractivity contribution is 9.10. The Morgan fingerprint density at radius 3 is 2.54 bits per heavy atom. The molecular weight excluding hydrogens is 432 g/mol. The first-order valence-electron chi connectivity index (χ1n) is 8.20. The van der Waals surface area contributed by atoms with E-state index in [9.17, 15) is 14.4 Å². The molecule has 0 aliphatic carbocycles. The second-order valence-electron chi connectivity index (χ2n) is 5.89. The fraction of sp³-hybridized carbons (Fsp3) is 0.211. The largest absolute Gasteiger partial charge is 0.466 e. The van der Waals surface area contributed by atoms with E-state index in [1.165, 1.54) is 31.4 Å². The zero-order chi connectivity index (χ0) is 20.4. The Morgan fingerprint density at radius 1 is 1.18 bits per heavy atom. The molecule has 3 rings (SSSR count). The van der Waals surface area contributed by atoms with Crippen LogP contribution >= 0.6 is 15.9 Å². The minimum Gasteiger partial charge on any atom is -0.466 e. The molecule has 0 radical (unpaired) electrons. The number of carbonyl (C=O) groups is 3. The number of allylic oxidation sites excluding steroid dienone is 1. The van der Waals surface area contributed by atoms with Crippen LogP contribution in [0.4, 0.5) is 10.5 Å². The normalized spacial score (nSPS) is 16.6. The number of furan rings is 1. The van der Waals surface area contributed by atoms with E-state index in [1.807, 2.05) is 6.07 Å². The fourth-order valence-corrected chi connectivity index (χ4v) is 3.47. The first kappa shape index (κ1) is 19.7. The molecule has 0 saturated heterocycles. The van der Waals surface area contributed by atoms with Gasteiger partial charge in [-0.3, -0.25) is 4.90 Å². The number of hydrogen-bond acceptors (Lipinski definition) is 6. The quantitative estimate of drug-likeness (QED) is 0.718. The summed E-state index contributed by atoms with van der Waals surface area (Å²) >= 11 is 3.37. The van der Waals surface area contributed by atoms with Gasteiger partial charge in [0.1, 0.15) is 0 Å². The lowest BCUT2D eigenvalue weighted by molar-refractivity contribution is -0.136. The first-order chi connectivity index (χ1) is 13.4. The topological polar surface area (TPSA) is 98.1 Å². The Kier molecular flexibility index (Phi) is 5.55. The number of esters is 2. The zero-order valence-electron chi connectivity index (χ0n) is 15.3. The molecule has 1 N–H and O–H groups in total. The third kappa shape index (κ3) is 3.40. The number of hydrogen-bond donors (Lipinski definition) is 1. The number of nitrogens with zero attached hydrogens (tertiary/aromatic N) is 1. The third-order valence-electron chi connectivity index (χ3n) is 4.33. The van der Waals surface area contributed by atoms with Crippen molar-refractivity contribution in [3.63, 3.8) is 0 Å². The molecule has 8 nitrogen and oxygen atoms in total. The molecule has 0 unspecified atom stereocenters. The molecule has 9 heteroatoms. The van der Waals surface area contributed by atoms with Gasteiger partial charge in [0.25, 0.3) is 0 Å². The molecule has 1 aliphatic heterocycles. The van der Waals surface area contributed by atoms with E-state index in [1.54, 1.807) is 25.1 Å². The Hall–Kier alpha value is -3.07. The monoisotopic (exact) mass is 448 g/mol. The van der Waals surface area contributed by atoms with Crippen molar-refractivity contribution >= 4 is 39.6 Å². The predicted octanol–water partition coefficient (Wildman–Crippen LogP) is 3.55. The SMILES string of the molecule is COC(=O)C1=C(C)N(c2cccc(Br)c2)C(=O)N[C@@H]1c1ccoc1C(=O)OC. The number of halogens is 1. The van der Waals surface area contributed by atoms with E-state index < -0.39 is 24.0 Å². The average molecular weight is 449 g/mol. The van der Waals surface area contributed by atoms with Crippen molar-refractivity contribution in [3.05, 3.63) is 63.7 Å². The van der Waals surface area contributed by atoms with Crippen LogP contribution in [0.2, 0.25) is 0 Å². The summed E-state index contributed by atoms with van der Waals surface area (Å²) in [6.07, 6.45) is 1.29. The summed E-state index contributed by atoms with van der Waals surface area (Å²) in [6.45, 7) is 1.64. The lowest BCUT2D eigenvalue weighted by Gasteiger charge is -2.35. The minimum absolute atomic E-state index is 0.0992. The summed E-state index contributed by atoms with van der Waals surface area (Å²) in [7, 11) is 2.46. The van der Waals surface area contributed by atoms with Crippen LogP contribution in [0.25, 0.3) is 0 Å². The number of nitrogens with one attached hydrogen (secondary N) is 1. The van der Waals surface area contributed by atoms with Crippen LogP contribution in [0.3, 0.4) is 0 Å². The van der Waals surface area contributed by atoms with Crippen molar-refractivity contribution in [2.45, 2.75) is 13.0 Å². The van der Waals surface area contributed by atoms with Crippen molar-refractivity contribution in [3.8, 4) is 0 Å². The number of rotatable bonds is 4. The Labute approximate surface area is 169 Å². The van der Waals surface area contributed by atoms with Gasteiger partial charge in [0, 0.05) is 15.7 Å². The highest BCUT2D eigenvalue weighted by atomic mass is 79.9. The number of anilines is 1.